The number of fused-ring (bicyclic) bond motifs is 1. The molecular weight excluding hydrogens is 440 g/mol. The van der Waals surface area contributed by atoms with E-state index >= 15 is 0 Å². The molecular formula is C27H30N6O2. The molecule has 0 aliphatic carbocycles. The van der Waals surface area contributed by atoms with Gasteiger partial charge in [0.1, 0.15) is 23.7 Å². The van der Waals surface area contributed by atoms with Gasteiger partial charge < -0.3 is 15.0 Å². The lowest BCUT2D eigenvalue weighted by Gasteiger charge is -2.32. The van der Waals surface area contributed by atoms with Gasteiger partial charge in [0.15, 0.2) is 0 Å². The van der Waals surface area contributed by atoms with E-state index < -0.39 is 0 Å². The fourth-order valence-electron chi connectivity index (χ4n) is 4.53. The Morgan fingerprint density at radius 1 is 1.06 bits per heavy atom. The minimum Gasteiger partial charge on any atom is -0.484 e. The van der Waals surface area contributed by atoms with Crippen molar-refractivity contribution >= 4 is 10.9 Å². The Bertz CT molecular complexity index is 1290. The van der Waals surface area contributed by atoms with Crippen LogP contribution in [0.2, 0.25) is 0 Å². The third-order valence-electron chi connectivity index (χ3n) is 6.44. The van der Waals surface area contributed by atoms with E-state index in [1.54, 1.807) is 30.7 Å². The van der Waals surface area contributed by atoms with Crippen LogP contribution < -0.4 is 15.6 Å². The standard InChI is InChI=1S/C27H30N6O2/c34-27-23-8-12-30-24(26(23)31-25(32-27)19-35-22-7-4-11-28-16-22)17-29-15-20-9-13-33(14-10-20)18-21-5-2-1-3-6-21/h1-8,11-12,16,20,29H,9-10,13-15,17-19H2,(H,31,32,34). The van der Waals surface area contributed by atoms with Crippen LogP contribution in [0, 0.1) is 5.92 Å². The molecule has 0 bridgehead atoms. The lowest BCUT2D eigenvalue weighted by atomic mass is 9.96. The molecule has 35 heavy (non-hydrogen) atoms. The SMILES string of the molecule is O=c1[nH]c(COc2cccnc2)nc2c(CNCC3CCN(Cc4ccccc4)CC3)nccc12. The molecule has 4 heterocycles. The fraction of sp³-hybridized carbons (Fsp3) is 0.333. The average molecular weight is 471 g/mol. The highest BCUT2D eigenvalue weighted by atomic mass is 16.5. The van der Waals surface area contributed by atoms with Gasteiger partial charge in [0.25, 0.3) is 5.56 Å². The molecule has 0 atom stereocenters. The van der Waals surface area contributed by atoms with Gasteiger partial charge in [-0.2, -0.15) is 0 Å². The lowest BCUT2D eigenvalue weighted by molar-refractivity contribution is 0.175. The van der Waals surface area contributed by atoms with Gasteiger partial charge in [-0.1, -0.05) is 30.3 Å². The topological polar surface area (TPSA) is 96.0 Å². The summed E-state index contributed by atoms with van der Waals surface area (Å²) < 4.78 is 5.71. The van der Waals surface area contributed by atoms with E-state index in [9.17, 15) is 4.79 Å². The molecule has 1 aliphatic heterocycles. The number of aromatic nitrogens is 4. The maximum Gasteiger partial charge on any atom is 0.258 e. The second kappa shape index (κ2) is 11.2. The second-order valence-corrected chi connectivity index (χ2v) is 8.98. The minimum absolute atomic E-state index is 0.153. The van der Waals surface area contributed by atoms with E-state index in [1.807, 2.05) is 6.07 Å². The van der Waals surface area contributed by atoms with Crippen molar-refractivity contribution in [1.29, 1.82) is 0 Å². The first-order valence-corrected chi connectivity index (χ1v) is 12.1. The normalized spacial score (nSPS) is 14.9. The summed E-state index contributed by atoms with van der Waals surface area (Å²) in [5.74, 6) is 1.72. The van der Waals surface area contributed by atoms with Crippen LogP contribution in [0.3, 0.4) is 0 Å². The van der Waals surface area contributed by atoms with Crippen molar-refractivity contribution in [2.75, 3.05) is 19.6 Å². The number of piperidine rings is 1. The molecule has 0 unspecified atom stereocenters. The quantitative estimate of drug-likeness (QED) is 0.387. The van der Waals surface area contributed by atoms with Crippen molar-refractivity contribution in [3.05, 3.63) is 94.6 Å². The van der Waals surface area contributed by atoms with Crippen molar-refractivity contribution in [3.8, 4) is 5.75 Å². The average Bonchev–Trinajstić information content (AvgIpc) is 2.90. The van der Waals surface area contributed by atoms with Gasteiger partial charge in [-0.3, -0.25) is 19.7 Å². The van der Waals surface area contributed by atoms with E-state index in [1.165, 1.54) is 18.4 Å². The van der Waals surface area contributed by atoms with Crippen molar-refractivity contribution < 1.29 is 4.74 Å². The zero-order valence-corrected chi connectivity index (χ0v) is 19.7. The van der Waals surface area contributed by atoms with Gasteiger partial charge >= 0.3 is 0 Å². The molecule has 1 aliphatic rings. The number of rotatable bonds is 9. The van der Waals surface area contributed by atoms with E-state index in [0.29, 0.717) is 34.9 Å². The Morgan fingerprint density at radius 3 is 2.71 bits per heavy atom. The van der Waals surface area contributed by atoms with E-state index in [2.05, 4.69) is 60.5 Å². The summed E-state index contributed by atoms with van der Waals surface area (Å²) in [5.41, 5.74) is 2.58. The second-order valence-electron chi connectivity index (χ2n) is 8.98. The summed E-state index contributed by atoms with van der Waals surface area (Å²) in [6.45, 7) is 4.91. The number of ether oxygens (including phenoxy) is 1. The first-order valence-electron chi connectivity index (χ1n) is 12.1. The predicted molar refractivity (Wildman–Crippen MR) is 135 cm³/mol. The van der Waals surface area contributed by atoms with Crippen LogP contribution in [-0.2, 0) is 19.7 Å². The number of likely N-dealkylation sites (tertiary alicyclic amines) is 1. The molecule has 3 aromatic heterocycles. The summed E-state index contributed by atoms with van der Waals surface area (Å²) in [6, 6.07) is 16.0. The number of benzene rings is 1. The van der Waals surface area contributed by atoms with E-state index in [4.69, 9.17) is 4.74 Å². The number of hydrogen-bond donors (Lipinski definition) is 2. The number of nitrogens with one attached hydrogen (secondary N) is 2. The minimum atomic E-state index is -0.186. The Balaban J connectivity index is 1.16. The molecule has 4 aromatic rings. The van der Waals surface area contributed by atoms with Crippen LogP contribution in [0.5, 0.6) is 5.75 Å². The number of pyridine rings is 2. The first kappa shape index (κ1) is 23.1. The maximum absolute atomic E-state index is 12.6. The summed E-state index contributed by atoms with van der Waals surface area (Å²) in [6.07, 6.45) is 7.33. The van der Waals surface area contributed by atoms with Gasteiger partial charge in [-0.25, -0.2) is 4.98 Å². The Morgan fingerprint density at radius 2 is 1.91 bits per heavy atom. The number of aromatic amines is 1. The summed E-state index contributed by atoms with van der Waals surface area (Å²) >= 11 is 0. The molecule has 0 amide bonds. The molecule has 8 nitrogen and oxygen atoms in total. The lowest BCUT2D eigenvalue weighted by Crippen LogP contribution is -2.36. The molecule has 0 spiro atoms. The zero-order chi connectivity index (χ0) is 23.9. The van der Waals surface area contributed by atoms with Crippen LogP contribution in [-0.4, -0.2) is 44.5 Å². The van der Waals surface area contributed by atoms with Crippen molar-refractivity contribution in [3.63, 3.8) is 0 Å². The third-order valence-corrected chi connectivity index (χ3v) is 6.44. The van der Waals surface area contributed by atoms with E-state index in [0.717, 1.165) is 31.9 Å². The predicted octanol–water partition coefficient (Wildman–Crippen LogP) is 3.29. The van der Waals surface area contributed by atoms with Crippen LogP contribution in [0.15, 0.2) is 71.9 Å². The first-order chi connectivity index (χ1) is 17.2. The van der Waals surface area contributed by atoms with Crippen molar-refractivity contribution in [2.45, 2.75) is 32.5 Å². The van der Waals surface area contributed by atoms with Gasteiger partial charge in [-0.05, 0) is 62.2 Å². The van der Waals surface area contributed by atoms with Gasteiger partial charge in [0, 0.05) is 25.5 Å². The Hall–Kier alpha value is -3.62. The molecule has 0 saturated carbocycles. The molecule has 5 rings (SSSR count). The van der Waals surface area contributed by atoms with Crippen molar-refractivity contribution in [2.24, 2.45) is 5.92 Å². The summed E-state index contributed by atoms with van der Waals surface area (Å²) in [4.78, 5) is 31.2. The number of nitrogens with zero attached hydrogens (tertiary/aromatic N) is 4. The third kappa shape index (κ3) is 6.09. The van der Waals surface area contributed by atoms with E-state index in [-0.39, 0.29) is 12.2 Å². The fourth-order valence-corrected chi connectivity index (χ4v) is 4.53. The number of H-pyrrole nitrogens is 1. The highest BCUT2D eigenvalue weighted by Gasteiger charge is 2.19. The van der Waals surface area contributed by atoms with Crippen LogP contribution >= 0.6 is 0 Å². The highest BCUT2D eigenvalue weighted by Crippen LogP contribution is 2.19. The van der Waals surface area contributed by atoms with Crippen LogP contribution in [0.25, 0.3) is 10.9 Å². The van der Waals surface area contributed by atoms with Crippen molar-refractivity contribution in [1.82, 2.24) is 30.2 Å². The smallest absolute Gasteiger partial charge is 0.258 e. The highest BCUT2D eigenvalue weighted by molar-refractivity contribution is 5.79. The molecule has 0 radical (unpaired) electrons. The summed E-state index contributed by atoms with van der Waals surface area (Å²) in [7, 11) is 0. The number of hydrogen-bond acceptors (Lipinski definition) is 7. The van der Waals surface area contributed by atoms with Gasteiger partial charge in [0.2, 0.25) is 0 Å². The zero-order valence-electron chi connectivity index (χ0n) is 19.7. The molecule has 1 aromatic carbocycles. The molecule has 2 N–H and O–H groups in total. The Kier molecular flexibility index (Phi) is 7.41. The molecule has 8 heteroatoms. The molecule has 1 fully saturated rings. The largest absolute Gasteiger partial charge is 0.484 e. The maximum atomic E-state index is 12.6. The van der Waals surface area contributed by atoms with Crippen LogP contribution in [0.1, 0.15) is 29.9 Å². The van der Waals surface area contributed by atoms with Gasteiger partial charge in [-0.15, -0.1) is 0 Å². The van der Waals surface area contributed by atoms with Crippen LogP contribution in [0.4, 0.5) is 0 Å². The monoisotopic (exact) mass is 470 g/mol. The molecule has 1 saturated heterocycles. The molecule has 180 valence electrons. The summed E-state index contributed by atoms with van der Waals surface area (Å²) in [5, 5.41) is 4.09. The Labute approximate surface area is 204 Å². The van der Waals surface area contributed by atoms with Gasteiger partial charge in [0.05, 0.1) is 17.3 Å².